The maximum Gasteiger partial charge on any atom is 0.264 e. The van der Waals surface area contributed by atoms with Crippen LogP contribution in [-0.2, 0) is 6.54 Å². The quantitative estimate of drug-likeness (QED) is 0.347. The van der Waals surface area contributed by atoms with Gasteiger partial charge in [0.2, 0.25) is 0 Å². The van der Waals surface area contributed by atoms with Crippen LogP contribution in [0.3, 0.4) is 0 Å². The second-order valence-electron chi connectivity index (χ2n) is 8.22. The molecule has 3 aromatic heterocycles. The van der Waals surface area contributed by atoms with Crippen molar-refractivity contribution in [1.29, 1.82) is 0 Å². The lowest BCUT2D eigenvalue weighted by atomic mass is 10.1. The van der Waals surface area contributed by atoms with Gasteiger partial charge in [-0.05, 0) is 55.3 Å². The minimum atomic E-state index is -0.264. The average molecular weight is 475 g/mol. The van der Waals surface area contributed by atoms with Gasteiger partial charge < -0.3 is 4.90 Å². The summed E-state index contributed by atoms with van der Waals surface area (Å²) in [5, 5.41) is 9.73. The summed E-state index contributed by atoms with van der Waals surface area (Å²) < 4.78 is 16.8. The Labute approximate surface area is 200 Å². The molecule has 0 fully saturated rings. The summed E-state index contributed by atoms with van der Waals surface area (Å²) in [6.07, 6.45) is 3.14. The topological polar surface area (TPSA) is 68.8 Å². The minimum Gasteiger partial charge on any atom is -0.334 e. The standard InChI is InChI=1S/C25H23FN6OS/c1-16-22-12-23(34-25(22)31(29-16)13-18-4-8-20(26)9-5-18)24(33)30(3)17(2)19-6-10-21(11-7-19)32-15-27-14-28-32/h4-12,14-15,17H,13H2,1-3H3/t17-/m1/s1. The van der Waals surface area contributed by atoms with Crippen molar-refractivity contribution in [1.82, 2.24) is 29.4 Å². The van der Waals surface area contributed by atoms with Gasteiger partial charge >= 0.3 is 0 Å². The number of fused-ring (bicyclic) bond motifs is 1. The Morgan fingerprint density at radius 3 is 2.56 bits per heavy atom. The Balaban J connectivity index is 1.36. The molecule has 1 amide bonds. The number of carbonyl (C=O) groups is 1. The molecule has 0 radical (unpaired) electrons. The summed E-state index contributed by atoms with van der Waals surface area (Å²) in [7, 11) is 1.82. The summed E-state index contributed by atoms with van der Waals surface area (Å²) in [4.78, 5) is 20.7. The molecule has 0 N–H and O–H groups in total. The van der Waals surface area contributed by atoms with Gasteiger partial charge in [0.1, 0.15) is 23.3 Å². The Morgan fingerprint density at radius 2 is 1.88 bits per heavy atom. The van der Waals surface area contributed by atoms with Crippen LogP contribution in [0.25, 0.3) is 15.9 Å². The van der Waals surface area contributed by atoms with Crippen molar-refractivity contribution < 1.29 is 9.18 Å². The first-order valence-corrected chi connectivity index (χ1v) is 11.7. The van der Waals surface area contributed by atoms with E-state index in [2.05, 4.69) is 15.2 Å². The highest BCUT2D eigenvalue weighted by Crippen LogP contribution is 2.31. The summed E-state index contributed by atoms with van der Waals surface area (Å²) in [5.74, 6) is -0.304. The predicted molar refractivity (Wildman–Crippen MR) is 130 cm³/mol. The lowest BCUT2D eigenvalue weighted by molar-refractivity contribution is 0.0747. The predicted octanol–water partition coefficient (Wildman–Crippen LogP) is 5.01. The lowest BCUT2D eigenvalue weighted by Gasteiger charge is -2.25. The summed E-state index contributed by atoms with van der Waals surface area (Å²) in [6.45, 7) is 4.47. The zero-order valence-electron chi connectivity index (χ0n) is 19.0. The van der Waals surface area contributed by atoms with Crippen LogP contribution in [-0.4, -0.2) is 42.4 Å². The highest BCUT2D eigenvalue weighted by atomic mass is 32.1. The van der Waals surface area contributed by atoms with Crippen molar-refractivity contribution in [2.24, 2.45) is 0 Å². The van der Waals surface area contributed by atoms with Gasteiger partial charge in [-0.15, -0.1) is 11.3 Å². The van der Waals surface area contributed by atoms with Crippen LogP contribution in [0.2, 0.25) is 0 Å². The van der Waals surface area contributed by atoms with Gasteiger partial charge in [0.05, 0.1) is 28.8 Å². The van der Waals surface area contributed by atoms with E-state index in [0.717, 1.165) is 32.7 Å². The van der Waals surface area contributed by atoms with E-state index < -0.39 is 0 Å². The molecule has 0 aliphatic rings. The number of hydrogen-bond acceptors (Lipinski definition) is 5. The van der Waals surface area contributed by atoms with Crippen molar-refractivity contribution in [2.75, 3.05) is 7.05 Å². The first-order chi connectivity index (χ1) is 16.4. The molecule has 0 saturated heterocycles. The first-order valence-electron chi connectivity index (χ1n) is 10.8. The van der Waals surface area contributed by atoms with Crippen LogP contribution in [0, 0.1) is 12.7 Å². The van der Waals surface area contributed by atoms with Crippen molar-refractivity contribution in [2.45, 2.75) is 26.4 Å². The Morgan fingerprint density at radius 1 is 1.15 bits per heavy atom. The van der Waals surface area contributed by atoms with E-state index in [1.165, 1.54) is 29.8 Å². The maximum absolute atomic E-state index is 13.3. The summed E-state index contributed by atoms with van der Waals surface area (Å²) in [5.41, 5.74) is 3.76. The van der Waals surface area contributed by atoms with E-state index in [1.54, 1.807) is 28.0 Å². The molecule has 172 valence electrons. The number of nitrogens with zero attached hydrogens (tertiary/aromatic N) is 6. The van der Waals surface area contributed by atoms with Crippen molar-refractivity contribution in [3.05, 3.63) is 94.8 Å². The molecule has 34 heavy (non-hydrogen) atoms. The molecule has 0 spiro atoms. The largest absolute Gasteiger partial charge is 0.334 e. The molecule has 2 aromatic carbocycles. The number of thiophene rings is 1. The monoisotopic (exact) mass is 474 g/mol. The molecule has 0 bridgehead atoms. The fourth-order valence-electron chi connectivity index (χ4n) is 3.91. The summed E-state index contributed by atoms with van der Waals surface area (Å²) >= 11 is 1.43. The van der Waals surface area contributed by atoms with Crippen LogP contribution in [0.5, 0.6) is 0 Å². The second kappa shape index (κ2) is 8.83. The zero-order valence-corrected chi connectivity index (χ0v) is 19.8. The summed E-state index contributed by atoms with van der Waals surface area (Å²) in [6, 6.07) is 16.1. The van der Waals surface area contributed by atoms with Crippen molar-refractivity contribution in [3.8, 4) is 5.69 Å². The molecular formula is C25H23FN6OS. The molecule has 0 aliphatic heterocycles. The fourth-order valence-corrected chi connectivity index (χ4v) is 5.05. The van der Waals surface area contributed by atoms with E-state index >= 15 is 0 Å². The number of carbonyl (C=O) groups excluding carboxylic acids is 1. The molecule has 0 unspecified atom stereocenters. The molecule has 5 aromatic rings. The van der Waals surface area contributed by atoms with Gasteiger partial charge in [0.25, 0.3) is 5.91 Å². The maximum atomic E-state index is 13.3. The third kappa shape index (κ3) is 4.10. The van der Waals surface area contributed by atoms with Crippen LogP contribution in [0.1, 0.15) is 39.5 Å². The van der Waals surface area contributed by atoms with E-state index in [1.807, 2.05) is 55.9 Å². The van der Waals surface area contributed by atoms with E-state index in [0.29, 0.717) is 11.4 Å². The second-order valence-corrected chi connectivity index (χ2v) is 9.25. The van der Waals surface area contributed by atoms with Gasteiger partial charge in [0, 0.05) is 12.4 Å². The Bertz CT molecular complexity index is 1440. The molecule has 3 heterocycles. The van der Waals surface area contributed by atoms with Crippen molar-refractivity contribution >= 4 is 27.5 Å². The van der Waals surface area contributed by atoms with Crippen LogP contribution >= 0.6 is 11.3 Å². The van der Waals surface area contributed by atoms with Gasteiger partial charge in [-0.25, -0.2) is 14.1 Å². The van der Waals surface area contributed by atoms with Crippen LogP contribution < -0.4 is 0 Å². The molecule has 0 saturated carbocycles. The minimum absolute atomic E-state index is 0.0400. The van der Waals surface area contributed by atoms with Crippen LogP contribution in [0.15, 0.2) is 67.3 Å². The average Bonchev–Trinajstić information content (AvgIpc) is 3.59. The van der Waals surface area contributed by atoms with Gasteiger partial charge in [-0.2, -0.15) is 10.2 Å². The SMILES string of the molecule is Cc1nn(Cc2ccc(F)cc2)c2sc(C(=O)N(C)[C@H](C)c3ccc(-n4cncn4)cc3)cc12. The van der Waals surface area contributed by atoms with Crippen LogP contribution in [0.4, 0.5) is 4.39 Å². The third-order valence-electron chi connectivity index (χ3n) is 6.02. The zero-order chi connectivity index (χ0) is 23.8. The number of halogens is 1. The van der Waals surface area contributed by atoms with Gasteiger partial charge in [0.15, 0.2) is 0 Å². The Hall–Kier alpha value is -3.85. The number of rotatable bonds is 6. The lowest BCUT2D eigenvalue weighted by Crippen LogP contribution is -2.29. The molecule has 5 rings (SSSR count). The normalized spacial score (nSPS) is 12.2. The van der Waals surface area contributed by atoms with Gasteiger partial charge in [-0.1, -0.05) is 24.3 Å². The molecular weight excluding hydrogens is 451 g/mol. The number of aryl methyl sites for hydroxylation is 1. The van der Waals surface area contributed by atoms with E-state index in [-0.39, 0.29) is 17.8 Å². The Kier molecular flexibility index (Phi) is 5.70. The highest BCUT2D eigenvalue weighted by molar-refractivity contribution is 7.20. The van der Waals surface area contributed by atoms with E-state index in [4.69, 9.17) is 0 Å². The number of amides is 1. The molecule has 9 heteroatoms. The third-order valence-corrected chi connectivity index (χ3v) is 7.16. The van der Waals surface area contributed by atoms with Gasteiger partial charge in [-0.3, -0.25) is 9.48 Å². The van der Waals surface area contributed by atoms with E-state index in [9.17, 15) is 9.18 Å². The molecule has 7 nitrogen and oxygen atoms in total. The molecule has 0 aliphatic carbocycles. The first kappa shape index (κ1) is 22.0. The molecule has 1 atom stereocenters. The number of hydrogen-bond donors (Lipinski definition) is 0. The number of benzene rings is 2. The number of aromatic nitrogens is 5. The van der Waals surface area contributed by atoms with Crippen molar-refractivity contribution in [3.63, 3.8) is 0 Å². The fraction of sp³-hybridized carbons (Fsp3) is 0.200. The smallest absolute Gasteiger partial charge is 0.264 e. The highest BCUT2D eigenvalue weighted by Gasteiger charge is 2.23.